The Morgan fingerprint density at radius 1 is 1.08 bits per heavy atom. The summed E-state index contributed by atoms with van der Waals surface area (Å²) >= 11 is 1.62. The molecule has 0 aliphatic carbocycles. The molecule has 134 valence electrons. The molecule has 0 unspecified atom stereocenters. The maximum Gasteiger partial charge on any atom is 0.267 e. The number of aromatic nitrogens is 2. The summed E-state index contributed by atoms with van der Waals surface area (Å²) in [6, 6.07) is 13.2. The van der Waals surface area contributed by atoms with Crippen molar-refractivity contribution in [1.29, 1.82) is 0 Å². The van der Waals surface area contributed by atoms with Crippen LogP contribution in [0.4, 0.5) is 0 Å². The van der Waals surface area contributed by atoms with E-state index in [0.717, 1.165) is 28.8 Å². The highest BCUT2D eigenvalue weighted by atomic mass is 32.1. The Morgan fingerprint density at radius 3 is 2.54 bits per heavy atom. The van der Waals surface area contributed by atoms with Crippen molar-refractivity contribution in [2.24, 2.45) is 0 Å². The van der Waals surface area contributed by atoms with Gasteiger partial charge in [0.25, 0.3) is 5.56 Å². The topological polar surface area (TPSA) is 52.0 Å². The van der Waals surface area contributed by atoms with Crippen molar-refractivity contribution in [1.82, 2.24) is 9.78 Å². The maximum atomic E-state index is 12.9. The highest BCUT2D eigenvalue weighted by molar-refractivity contribution is 7.15. The minimum absolute atomic E-state index is 0.0444. The third kappa shape index (κ3) is 3.83. The lowest BCUT2D eigenvalue weighted by Gasteiger charge is -2.10. The summed E-state index contributed by atoms with van der Waals surface area (Å²) in [7, 11) is 0. The fraction of sp³-hybridized carbons (Fsp3) is 0.286. The Balaban J connectivity index is 1.94. The summed E-state index contributed by atoms with van der Waals surface area (Å²) in [5.74, 6) is -0.0775. The predicted octanol–water partition coefficient (Wildman–Crippen LogP) is 4.29. The van der Waals surface area contributed by atoms with Crippen LogP contribution in [0.3, 0.4) is 0 Å². The third-order valence-electron chi connectivity index (χ3n) is 4.42. The maximum absolute atomic E-state index is 12.9. The highest BCUT2D eigenvalue weighted by Crippen LogP contribution is 2.25. The molecule has 0 aliphatic heterocycles. The second-order valence-electron chi connectivity index (χ2n) is 6.25. The molecule has 0 saturated carbocycles. The van der Waals surface area contributed by atoms with Crippen LogP contribution in [0.5, 0.6) is 0 Å². The van der Waals surface area contributed by atoms with Crippen molar-refractivity contribution in [2.75, 3.05) is 0 Å². The van der Waals surface area contributed by atoms with Crippen molar-refractivity contribution in [2.45, 2.75) is 40.2 Å². The number of rotatable bonds is 6. The van der Waals surface area contributed by atoms with Gasteiger partial charge in [0.05, 0.1) is 4.88 Å². The third-order valence-corrected chi connectivity index (χ3v) is 5.44. The van der Waals surface area contributed by atoms with E-state index < -0.39 is 0 Å². The van der Waals surface area contributed by atoms with Gasteiger partial charge in [0.2, 0.25) is 0 Å². The van der Waals surface area contributed by atoms with Crippen molar-refractivity contribution < 1.29 is 4.79 Å². The Hall–Kier alpha value is -2.53. The monoisotopic (exact) mass is 366 g/mol. The molecule has 0 spiro atoms. The van der Waals surface area contributed by atoms with Gasteiger partial charge in [-0.15, -0.1) is 11.3 Å². The van der Waals surface area contributed by atoms with E-state index in [9.17, 15) is 9.59 Å². The first-order valence-electron chi connectivity index (χ1n) is 8.81. The van der Waals surface area contributed by atoms with Crippen LogP contribution in [0.2, 0.25) is 0 Å². The van der Waals surface area contributed by atoms with Crippen molar-refractivity contribution >= 4 is 17.1 Å². The van der Waals surface area contributed by atoms with Gasteiger partial charge >= 0.3 is 0 Å². The van der Waals surface area contributed by atoms with E-state index in [1.165, 1.54) is 15.6 Å². The largest absolute Gasteiger partial charge is 0.292 e. The van der Waals surface area contributed by atoms with Crippen molar-refractivity contribution in [3.05, 3.63) is 74.4 Å². The molecule has 0 N–H and O–H groups in total. The van der Waals surface area contributed by atoms with Gasteiger partial charge in [-0.3, -0.25) is 9.59 Å². The number of Topliss-reactive ketones (excluding diaryl/α,β-unsaturated/α-hetero) is 1. The number of benzene rings is 1. The molecule has 2 heterocycles. The smallest absolute Gasteiger partial charge is 0.267 e. The van der Waals surface area contributed by atoms with Gasteiger partial charge in [-0.2, -0.15) is 5.10 Å². The first-order valence-corrected chi connectivity index (χ1v) is 9.63. The average Bonchev–Trinajstić information content (AvgIpc) is 3.09. The van der Waals surface area contributed by atoms with Crippen LogP contribution in [0.1, 0.15) is 40.2 Å². The van der Waals surface area contributed by atoms with Gasteiger partial charge < -0.3 is 0 Å². The molecule has 2 aromatic heterocycles. The van der Waals surface area contributed by atoms with E-state index in [1.807, 2.05) is 38.1 Å². The molecule has 4 nitrogen and oxygen atoms in total. The number of carbonyl (C=O) groups excluding carboxylic acids is 1. The molecule has 0 aliphatic rings. The average molecular weight is 366 g/mol. The van der Waals surface area contributed by atoms with Gasteiger partial charge in [0.1, 0.15) is 12.2 Å². The molecule has 5 heteroatoms. The summed E-state index contributed by atoms with van der Waals surface area (Å²) in [6.07, 6.45) is 1.65. The van der Waals surface area contributed by atoms with Crippen LogP contribution >= 0.6 is 11.3 Å². The normalized spacial score (nSPS) is 10.9. The number of nitrogens with zero attached hydrogens (tertiary/aromatic N) is 2. The number of aryl methyl sites for hydroxylation is 3. The second kappa shape index (κ2) is 7.79. The molecule has 0 fully saturated rings. The zero-order chi connectivity index (χ0) is 18.7. The zero-order valence-corrected chi connectivity index (χ0v) is 16.1. The molecular formula is C21H22N2O2S. The van der Waals surface area contributed by atoms with Crippen LogP contribution in [0.15, 0.2) is 47.3 Å². The summed E-state index contributed by atoms with van der Waals surface area (Å²) in [6.45, 7) is 6.08. The lowest BCUT2D eigenvalue weighted by atomic mass is 9.98. The second-order valence-corrected chi connectivity index (χ2v) is 7.53. The van der Waals surface area contributed by atoms with Gasteiger partial charge in [-0.1, -0.05) is 26.0 Å². The number of thiophene rings is 1. The fourth-order valence-corrected chi connectivity index (χ4v) is 3.73. The highest BCUT2D eigenvalue weighted by Gasteiger charge is 2.14. The molecule has 0 amide bonds. The molecule has 3 rings (SSSR count). The molecule has 26 heavy (non-hydrogen) atoms. The zero-order valence-electron chi connectivity index (χ0n) is 15.3. The molecule has 0 bridgehead atoms. The summed E-state index contributed by atoms with van der Waals surface area (Å²) < 4.78 is 1.27. The van der Waals surface area contributed by atoms with E-state index in [2.05, 4.69) is 18.1 Å². The molecule has 1 aromatic carbocycles. The van der Waals surface area contributed by atoms with Crippen LogP contribution in [-0.2, 0) is 19.4 Å². The van der Waals surface area contributed by atoms with Crippen LogP contribution < -0.4 is 5.56 Å². The predicted molar refractivity (Wildman–Crippen MR) is 106 cm³/mol. The standard InChI is InChI=1S/C21H22N2O2S/c1-4-15-7-8-16(5-2)17(12-15)19(24)13-23-21(25)11-9-18(22-23)20-10-6-14(3)26-20/h6-12H,4-5,13H2,1-3H3. The number of ketones is 1. The van der Waals surface area contributed by atoms with Gasteiger partial charge in [0, 0.05) is 16.5 Å². The van der Waals surface area contributed by atoms with E-state index in [0.29, 0.717) is 11.3 Å². The lowest BCUT2D eigenvalue weighted by Crippen LogP contribution is -2.26. The van der Waals surface area contributed by atoms with Crippen molar-refractivity contribution in [3.8, 4) is 10.6 Å². The Morgan fingerprint density at radius 2 is 1.88 bits per heavy atom. The minimum Gasteiger partial charge on any atom is -0.292 e. The molecule has 3 aromatic rings. The van der Waals surface area contributed by atoms with Gasteiger partial charge in [-0.05, 0) is 55.2 Å². The first kappa shape index (κ1) is 18.3. The summed E-state index contributed by atoms with van der Waals surface area (Å²) in [5.41, 5.74) is 3.27. The number of hydrogen-bond acceptors (Lipinski definition) is 4. The van der Waals surface area contributed by atoms with E-state index >= 15 is 0 Å². The van der Waals surface area contributed by atoms with Crippen LogP contribution in [-0.4, -0.2) is 15.6 Å². The summed E-state index contributed by atoms with van der Waals surface area (Å²) in [5, 5.41) is 4.41. The fourth-order valence-electron chi connectivity index (χ4n) is 2.90. The molecule has 0 radical (unpaired) electrons. The molecule has 0 saturated heterocycles. The van der Waals surface area contributed by atoms with Crippen molar-refractivity contribution in [3.63, 3.8) is 0 Å². The van der Waals surface area contributed by atoms with E-state index in [-0.39, 0.29) is 17.9 Å². The SMILES string of the molecule is CCc1ccc(CC)c(C(=O)Cn2nc(-c3ccc(C)s3)ccc2=O)c1. The molecular weight excluding hydrogens is 344 g/mol. The Labute approximate surface area is 157 Å². The lowest BCUT2D eigenvalue weighted by molar-refractivity contribution is 0.0965. The Bertz CT molecular complexity index is 1000. The van der Waals surface area contributed by atoms with Crippen LogP contribution in [0.25, 0.3) is 10.6 Å². The summed E-state index contributed by atoms with van der Waals surface area (Å²) in [4.78, 5) is 27.2. The van der Waals surface area contributed by atoms with Gasteiger partial charge in [-0.25, -0.2) is 4.68 Å². The number of hydrogen-bond donors (Lipinski definition) is 0. The van der Waals surface area contributed by atoms with E-state index in [1.54, 1.807) is 17.4 Å². The van der Waals surface area contributed by atoms with Gasteiger partial charge in [0.15, 0.2) is 5.78 Å². The minimum atomic E-state index is -0.264. The molecule has 0 atom stereocenters. The quantitative estimate of drug-likeness (QED) is 0.612. The Kier molecular flexibility index (Phi) is 5.47. The first-order chi connectivity index (χ1) is 12.5. The van der Waals surface area contributed by atoms with E-state index in [4.69, 9.17) is 0 Å². The number of carbonyl (C=O) groups is 1. The van der Waals surface area contributed by atoms with Crippen LogP contribution in [0, 0.1) is 6.92 Å².